The lowest BCUT2D eigenvalue weighted by atomic mass is 9.85. The van der Waals surface area contributed by atoms with E-state index in [4.69, 9.17) is 0 Å². The zero-order chi connectivity index (χ0) is 32.8. The van der Waals surface area contributed by atoms with Gasteiger partial charge in [0.05, 0.1) is 39.9 Å². The molecule has 6 amide bonds. The highest BCUT2D eigenvalue weighted by molar-refractivity contribution is 6.44. The Labute approximate surface area is 266 Å². The number of fused-ring (bicyclic) bond motifs is 2. The summed E-state index contributed by atoms with van der Waals surface area (Å²) in [7, 11) is 0. The van der Waals surface area contributed by atoms with Crippen LogP contribution in [0.3, 0.4) is 0 Å². The normalized spacial score (nSPS) is 19.1. The van der Waals surface area contributed by atoms with E-state index in [0.29, 0.717) is 21.1 Å². The number of nitrogens with one attached hydrogen (secondary N) is 1. The number of hydrogen-bond donors (Lipinski definition) is 1. The molecule has 0 radical (unpaired) electrons. The van der Waals surface area contributed by atoms with Gasteiger partial charge in [-0.3, -0.25) is 39.0 Å². The molecule has 2 atom stereocenters. The molecule has 12 nitrogen and oxygen atoms in total. The van der Waals surface area contributed by atoms with Crippen molar-refractivity contribution in [3.63, 3.8) is 0 Å². The number of hydrogen-bond acceptors (Lipinski definition) is 8. The van der Waals surface area contributed by atoms with Crippen molar-refractivity contribution in [3.8, 4) is 0 Å². The molecule has 4 aromatic rings. The zero-order valence-corrected chi connectivity index (χ0v) is 24.4. The summed E-state index contributed by atoms with van der Waals surface area (Å²) in [6, 6.07) is 28.0. The first-order chi connectivity index (χ1) is 22.8. The number of hydrazine groups is 1. The monoisotopic (exact) mass is 625 g/mol. The van der Waals surface area contributed by atoms with E-state index in [2.05, 4.69) is 10.5 Å². The van der Waals surface area contributed by atoms with E-state index in [1.165, 1.54) is 24.3 Å². The predicted octanol–water partition coefficient (Wildman–Crippen LogP) is 2.78. The number of carbonyl (C=O) groups is 7. The standard InChI is InChI=1S/C35H23N5O7/c41-26(36-39-31(43)22-15-7-8-16-23(22)32(39)44)19-38-29(21-13-5-2-6-14-21)27(30(42)35(38)47)28(20-11-3-1-4-12-20)37-40-33(45)24-17-9-10-18-25(24)34(40)46/h1-18,27,29H,19H2,(H,36,41)/b37-28+. The molecule has 230 valence electrons. The second-order valence-electron chi connectivity index (χ2n) is 11.0. The van der Waals surface area contributed by atoms with Gasteiger partial charge in [0, 0.05) is 0 Å². The third-order valence-corrected chi connectivity index (χ3v) is 8.24. The van der Waals surface area contributed by atoms with Crippen LogP contribution in [0.4, 0.5) is 0 Å². The molecule has 0 saturated carbocycles. The Bertz CT molecular complexity index is 1990. The Morgan fingerprint density at radius 2 is 1.06 bits per heavy atom. The Balaban J connectivity index is 1.27. The van der Waals surface area contributed by atoms with Crippen LogP contribution in [0, 0.1) is 5.92 Å². The fourth-order valence-corrected chi connectivity index (χ4v) is 6.08. The number of hydrazone groups is 1. The lowest BCUT2D eigenvalue weighted by molar-refractivity contribution is -0.142. The summed E-state index contributed by atoms with van der Waals surface area (Å²) < 4.78 is 0. The molecule has 2 unspecified atom stereocenters. The van der Waals surface area contributed by atoms with Crippen LogP contribution in [0.5, 0.6) is 0 Å². The smallest absolute Gasteiger partial charge is 0.291 e. The molecular formula is C35H23N5O7. The first-order valence-corrected chi connectivity index (χ1v) is 14.5. The van der Waals surface area contributed by atoms with Crippen molar-refractivity contribution in [2.75, 3.05) is 6.54 Å². The summed E-state index contributed by atoms with van der Waals surface area (Å²) in [5.41, 5.74) is 3.61. The van der Waals surface area contributed by atoms with Gasteiger partial charge in [0.1, 0.15) is 6.54 Å². The highest BCUT2D eigenvalue weighted by atomic mass is 16.2. The summed E-state index contributed by atoms with van der Waals surface area (Å²) in [5.74, 6) is -7.06. The van der Waals surface area contributed by atoms with E-state index in [-0.39, 0.29) is 28.0 Å². The number of benzene rings is 4. The van der Waals surface area contributed by atoms with Crippen LogP contribution in [0.15, 0.2) is 114 Å². The molecule has 12 heteroatoms. The first kappa shape index (κ1) is 29.2. The number of rotatable bonds is 7. The molecule has 0 bridgehead atoms. The molecule has 1 N–H and O–H groups in total. The van der Waals surface area contributed by atoms with Crippen LogP contribution in [-0.2, 0) is 14.4 Å². The van der Waals surface area contributed by atoms with Gasteiger partial charge < -0.3 is 4.90 Å². The molecule has 3 aliphatic heterocycles. The van der Waals surface area contributed by atoms with Crippen LogP contribution < -0.4 is 5.43 Å². The molecule has 0 aliphatic carbocycles. The number of amides is 6. The van der Waals surface area contributed by atoms with Crippen molar-refractivity contribution >= 4 is 46.9 Å². The maximum atomic E-state index is 13.9. The Kier molecular flexibility index (Phi) is 7.09. The molecule has 0 spiro atoms. The highest BCUT2D eigenvalue weighted by Crippen LogP contribution is 2.39. The van der Waals surface area contributed by atoms with Crippen LogP contribution in [0.25, 0.3) is 0 Å². The number of ketones is 1. The van der Waals surface area contributed by atoms with E-state index in [0.717, 1.165) is 4.90 Å². The van der Waals surface area contributed by atoms with Gasteiger partial charge in [-0.05, 0) is 35.4 Å². The lowest BCUT2D eigenvalue weighted by Gasteiger charge is -2.28. The third kappa shape index (κ3) is 4.79. The van der Waals surface area contributed by atoms with Crippen molar-refractivity contribution in [1.29, 1.82) is 0 Å². The van der Waals surface area contributed by atoms with Crippen molar-refractivity contribution in [2.45, 2.75) is 6.04 Å². The van der Waals surface area contributed by atoms with Crippen molar-refractivity contribution < 1.29 is 33.6 Å². The Hall–Kier alpha value is -6.56. The van der Waals surface area contributed by atoms with Crippen LogP contribution >= 0.6 is 0 Å². The summed E-state index contributed by atoms with van der Waals surface area (Å²) in [6.07, 6.45) is 0. The fraction of sp³-hybridized carbons (Fsp3) is 0.0857. The van der Waals surface area contributed by atoms with Gasteiger partial charge in [-0.15, -0.1) is 0 Å². The Morgan fingerprint density at radius 3 is 1.60 bits per heavy atom. The molecular weight excluding hydrogens is 602 g/mol. The number of nitrogens with zero attached hydrogens (tertiary/aromatic N) is 4. The maximum absolute atomic E-state index is 13.9. The van der Waals surface area contributed by atoms with E-state index in [1.807, 2.05) is 0 Å². The summed E-state index contributed by atoms with van der Waals surface area (Å²) >= 11 is 0. The van der Waals surface area contributed by atoms with Gasteiger partial charge in [-0.25, -0.2) is 0 Å². The summed E-state index contributed by atoms with van der Waals surface area (Å²) in [6.45, 7) is -0.705. The van der Waals surface area contributed by atoms with Gasteiger partial charge in [-0.1, -0.05) is 84.9 Å². The number of likely N-dealkylation sites (tertiary alicyclic amines) is 1. The number of carbonyl (C=O) groups excluding carboxylic acids is 7. The minimum absolute atomic E-state index is 0.0319. The first-order valence-electron chi connectivity index (χ1n) is 14.5. The molecule has 3 aliphatic rings. The molecule has 3 heterocycles. The van der Waals surface area contributed by atoms with E-state index < -0.39 is 59.7 Å². The average Bonchev–Trinajstić information content (AvgIpc) is 3.60. The van der Waals surface area contributed by atoms with Crippen molar-refractivity contribution in [2.24, 2.45) is 11.0 Å². The van der Waals surface area contributed by atoms with E-state index in [9.17, 15) is 33.6 Å². The molecule has 47 heavy (non-hydrogen) atoms. The molecule has 0 aromatic heterocycles. The van der Waals surface area contributed by atoms with E-state index >= 15 is 0 Å². The molecule has 1 fully saturated rings. The molecule has 7 rings (SSSR count). The number of imide groups is 2. The van der Waals surface area contributed by atoms with Gasteiger partial charge in [0.15, 0.2) is 0 Å². The van der Waals surface area contributed by atoms with Crippen LogP contribution in [-0.4, -0.2) is 68.4 Å². The van der Waals surface area contributed by atoms with Crippen molar-refractivity contribution in [1.82, 2.24) is 20.3 Å². The SMILES string of the molecule is O=C(CN1C(=O)C(=O)C(/C(=N/N2C(=O)c3ccccc3C2=O)c2ccccc2)C1c1ccccc1)NN1C(=O)c2ccccc2C1=O. The topological polar surface area (TPSA) is 154 Å². The summed E-state index contributed by atoms with van der Waals surface area (Å²) in [4.78, 5) is 94.4. The fourth-order valence-electron chi connectivity index (χ4n) is 6.08. The zero-order valence-electron chi connectivity index (χ0n) is 24.4. The van der Waals surface area contributed by atoms with Gasteiger partial charge >= 0.3 is 0 Å². The minimum atomic E-state index is -1.36. The maximum Gasteiger partial charge on any atom is 0.291 e. The average molecular weight is 626 g/mol. The molecule has 4 aromatic carbocycles. The predicted molar refractivity (Wildman–Crippen MR) is 164 cm³/mol. The largest absolute Gasteiger partial charge is 0.319 e. The molecule has 1 saturated heterocycles. The summed E-state index contributed by atoms with van der Waals surface area (Å²) in [5, 5.41) is 5.72. The van der Waals surface area contributed by atoms with Gasteiger partial charge in [-0.2, -0.15) is 15.1 Å². The minimum Gasteiger partial charge on any atom is -0.319 e. The van der Waals surface area contributed by atoms with Crippen LogP contribution in [0.2, 0.25) is 0 Å². The number of Topliss-reactive ketones (excluding diaryl/α,β-unsaturated/α-hetero) is 1. The van der Waals surface area contributed by atoms with Gasteiger partial charge in [0.25, 0.3) is 35.4 Å². The van der Waals surface area contributed by atoms with Crippen LogP contribution in [0.1, 0.15) is 58.6 Å². The second kappa shape index (κ2) is 11.4. The second-order valence-corrected chi connectivity index (χ2v) is 11.0. The van der Waals surface area contributed by atoms with E-state index in [1.54, 1.807) is 84.9 Å². The van der Waals surface area contributed by atoms with Gasteiger partial charge in [0.2, 0.25) is 5.78 Å². The third-order valence-electron chi connectivity index (χ3n) is 8.24. The quantitative estimate of drug-likeness (QED) is 0.188. The van der Waals surface area contributed by atoms with Crippen molar-refractivity contribution in [3.05, 3.63) is 143 Å². The lowest BCUT2D eigenvalue weighted by Crippen LogP contribution is -2.50. The highest BCUT2D eigenvalue weighted by Gasteiger charge is 2.52. The Morgan fingerprint density at radius 1 is 0.596 bits per heavy atom.